The highest BCUT2D eigenvalue weighted by Crippen LogP contribution is 2.45. The summed E-state index contributed by atoms with van der Waals surface area (Å²) in [6.07, 6.45) is 6.25. The van der Waals surface area contributed by atoms with Crippen molar-refractivity contribution < 1.29 is 9.90 Å². The third kappa shape index (κ3) is 6.12. The van der Waals surface area contributed by atoms with Crippen LogP contribution in [0.25, 0.3) is 0 Å². The van der Waals surface area contributed by atoms with Crippen molar-refractivity contribution in [2.24, 2.45) is 17.3 Å². The number of aryl methyl sites for hydroxylation is 1. The van der Waals surface area contributed by atoms with E-state index in [1.807, 2.05) is 32.9 Å². The Balaban J connectivity index is 1.20. The van der Waals surface area contributed by atoms with Crippen LogP contribution in [0.4, 0.5) is 11.8 Å². The van der Waals surface area contributed by atoms with E-state index in [0.29, 0.717) is 44.7 Å². The maximum Gasteiger partial charge on any atom is 0.309 e. The molecule has 2 saturated heterocycles. The van der Waals surface area contributed by atoms with Gasteiger partial charge < -0.3 is 20.2 Å². The summed E-state index contributed by atoms with van der Waals surface area (Å²) in [5.41, 5.74) is 1.14. The average molecular weight is 595 g/mol. The maximum absolute atomic E-state index is 11.5. The van der Waals surface area contributed by atoms with Gasteiger partial charge in [0, 0.05) is 35.7 Å². The molecule has 2 N–H and O–H groups in total. The van der Waals surface area contributed by atoms with Gasteiger partial charge in [0.1, 0.15) is 5.02 Å². The van der Waals surface area contributed by atoms with Crippen molar-refractivity contribution in [3.05, 3.63) is 44.5 Å². The molecule has 0 bridgehead atoms. The van der Waals surface area contributed by atoms with E-state index in [1.165, 1.54) is 12.8 Å². The number of aliphatic carboxylic acids is 1. The predicted octanol–water partition coefficient (Wildman–Crippen LogP) is 7.10. The van der Waals surface area contributed by atoms with Crippen LogP contribution in [-0.2, 0) is 4.79 Å². The van der Waals surface area contributed by atoms with Crippen LogP contribution < -0.4 is 10.2 Å². The summed E-state index contributed by atoms with van der Waals surface area (Å²) in [6.45, 7) is 9.86. The number of piperidine rings is 2. The molecule has 5 rings (SSSR count). The van der Waals surface area contributed by atoms with E-state index in [1.54, 1.807) is 6.07 Å². The van der Waals surface area contributed by atoms with Gasteiger partial charge in [-0.3, -0.25) is 4.79 Å². The minimum Gasteiger partial charge on any atom is -0.481 e. The topological polar surface area (TPSA) is 81.6 Å². The molecule has 3 heterocycles. The molecule has 2 aliphatic heterocycles. The highest BCUT2D eigenvalue weighted by Gasteiger charge is 2.49. The Bertz CT molecular complexity index is 1210. The molecular weight excluding hydrogens is 557 g/mol. The van der Waals surface area contributed by atoms with Crippen molar-refractivity contribution in [2.45, 2.75) is 71.4 Å². The molecule has 1 aromatic carbocycles. The molecule has 1 aliphatic carbocycles. The average Bonchev–Trinajstić information content (AvgIpc) is 2.89. The molecule has 7 nitrogen and oxygen atoms in total. The minimum atomic E-state index is -0.652. The summed E-state index contributed by atoms with van der Waals surface area (Å²) in [4.78, 5) is 25.9. The van der Waals surface area contributed by atoms with E-state index >= 15 is 0 Å². The van der Waals surface area contributed by atoms with Crippen molar-refractivity contribution in [3.63, 3.8) is 0 Å². The zero-order chi connectivity index (χ0) is 27.9. The Hall–Kier alpha value is -1.80. The fraction of sp³-hybridized carbons (Fsp3) is 0.621. The zero-order valence-corrected chi connectivity index (χ0v) is 25.2. The first-order valence-electron chi connectivity index (χ1n) is 14.0. The molecule has 212 valence electrons. The van der Waals surface area contributed by atoms with Gasteiger partial charge >= 0.3 is 5.97 Å². The number of rotatable bonds is 7. The van der Waals surface area contributed by atoms with Gasteiger partial charge in [0.25, 0.3) is 0 Å². The van der Waals surface area contributed by atoms with E-state index in [-0.39, 0.29) is 6.04 Å². The number of carboxylic acid groups (broad SMARTS) is 1. The molecule has 2 aromatic rings. The number of hydrogen-bond acceptors (Lipinski definition) is 6. The molecule has 0 spiro atoms. The molecule has 1 aromatic heterocycles. The number of benzene rings is 1. The lowest BCUT2D eigenvalue weighted by Gasteiger charge is -2.51. The third-order valence-electron chi connectivity index (χ3n) is 9.17. The van der Waals surface area contributed by atoms with Gasteiger partial charge in [-0.1, -0.05) is 40.9 Å². The number of hydrogen-bond donors (Lipinski definition) is 2. The SMILES string of the molecule is Cc1nc(N2CCC([C@H]3CCCN(C4CC(C)(C(=O)O)C4)C3)CC2)nc(NC(C)c2ccc(Cl)cc2Cl)c1Cl. The molecule has 1 unspecified atom stereocenters. The van der Waals surface area contributed by atoms with Gasteiger partial charge in [-0.25, -0.2) is 4.98 Å². The van der Waals surface area contributed by atoms with Crippen LogP contribution in [0.2, 0.25) is 15.1 Å². The van der Waals surface area contributed by atoms with Crippen LogP contribution in [-0.4, -0.2) is 58.2 Å². The normalized spacial score (nSPS) is 27.2. The summed E-state index contributed by atoms with van der Waals surface area (Å²) >= 11 is 19.1. The van der Waals surface area contributed by atoms with Crippen molar-refractivity contribution in [3.8, 4) is 0 Å². The predicted molar refractivity (Wildman–Crippen MR) is 158 cm³/mol. The highest BCUT2D eigenvalue weighted by molar-refractivity contribution is 6.35. The van der Waals surface area contributed by atoms with Crippen molar-refractivity contribution in [2.75, 3.05) is 36.4 Å². The van der Waals surface area contributed by atoms with Crippen LogP contribution in [0.15, 0.2) is 18.2 Å². The lowest BCUT2D eigenvalue weighted by molar-refractivity contribution is -0.158. The number of carboxylic acids is 1. The second-order valence-electron chi connectivity index (χ2n) is 12.0. The Morgan fingerprint density at radius 2 is 1.82 bits per heavy atom. The van der Waals surface area contributed by atoms with Crippen LogP contribution in [0.1, 0.15) is 69.7 Å². The van der Waals surface area contributed by atoms with Crippen molar-refractivity contribution in [1.29, 1.82) is 0 Å². The number of anilines is 2. The van der Waals surface area contributed by atoms with E-state index in [4.69, 9.17) is 44.8 Å². The summed E-state index contributed by atoms with van der Waals surface area (Å²) < 4.78 is 0. The largest absolute Gasteiger partial charge is 0.481 e. The highest BCUT2D eigenvalue weighted by atomic mass is 35.5. The lowest BCUT2D eigenvalue weighted by atomic mass is 9.65. The lowest BCUT2D eigenvalue weighted by Crippen LogP contribution is -2.56. The molecule has 3 fully saturated rings. The van der Waals surface area contributed by atoms with E-state index < -0.39 is 11.4 Å². The maximum atomic E-state index is 11.5. The van der Waals surface area contributed by atoms with Crippen LogP contribution >= 0.6 is 34.8 Å². The number of nitrogens with one attached hydrogen (secondary N) is 1. The van der Waals surface area contributed by atoms with Crippen LogP contribution in [0, 0.1) is 24.2 Å². The monoisotopic (exact) mass is 593 g/mol. The molecular formula is C29H38Cl3N5O2. The third-order valence-corrected chi connectivity index (χ3v) is 10.2. The van der Waals surface area contributed by atoms with Gasteiger partial charge in [-0.15, -0.1) is 0 Å². The fourth-order valence-electron chi connectivity index (χ4n) is 6.66. The molecule has 10 heteroatoms. The molecule has 0 radical (unpaired) electrons. The Morgan fingerprint density at radius 1 is 1.10 bits per heavy atom. The van der Waals surface area contributed by atoms with E-state index in [9.17, 15) is 9.90 Å². The van der Waals surface area contributed by atoms with Crippen LogP contribution in [0.5, 0.6) is 0 Å². The van der Waals surface area contributed by atoms with Gasteiger partial charge in [-0.2, -0.15) is 4.98 Å². The van der Waals surface area contributed by atoms with Crippen LogP contribution in [0.3, 0.4) is 0 Å². The number of halogens is 3. The molecule has 1 saturated carbocycles. The first-order valence-corrected chi connectivity index (χ1v) is 15.2. The zero-order valence-electron chi connectivity index (χ0n) is 22.9. The second-order valence-corrected chi connectivity index (χ2v) is 13.2. The summed E-state index contributed by atoms with van der Waals surface area (Å²) in [6, 6.07) is 5.80. The first kappa shape index (κ1) is 28.7. The quantitative estimate of drug-likeness (QED) is 0.354. The standard InChI is InChI=1S/C29H38Cl3N5O2/c1-17(23-7-6-21(30)13-24(23)31)33-26-25(32)18(2)34-28(35-26)36-11-8-19(9-12-36)20-5-4-10-37(16-20)22-14-29(3,15-22)27(38)39/h6-7,13,17,19-20,22H,4-5,8-12,14-16H2,1-3H3,(H,38,39)(H,33,34,35)/t17?,20-,22?,29?/m0/s1. The number of carbonyl (C=O) groups is 1. The second kappa shape index (κ2) is 11.6. The van der Waals surface area contributed by atoms with Gasteiger partial charge in [0.2, 0.25) is 5.95 Å². The number of likely N-dealkylation sites (tertiary alicyclic amines) is 1. The van der Waals surface area contributed by atoms with Crippen molar-refractivity contribution in [1.82, 2.24) is 14.9 Å². The summed E-state index contributed by atoms with van der Waals surface area (Å²) in [5, 5.41) is 14.6. The molecule has 2 atom stereocenters. The minimum absolute atomic E-state index is 0.113. The molecule has 3 aliphatic rings. The smallest absolute Gasteiger partial charge is 0.309 e. The summed E-state index contributed by atoms with van der Waals surface area (Å²) in [7, 11) is 0. The Labute approximate surface area is 246 Å². The first-order chi connectivity index (χ1) is 18.5. The number of aromatic nitrogens is 2. The molecule has 0 amide bonds. The van der Waals surface area contributed by atoms with Gasteiger partial charge in [-0.05, 0) is 95.4 Å². The van der Waals surface area contributed by atoms with E-state index in [0.717, 1.165) is 63.1 Å². The van der Waals surface area contributed by atoms with Crippen molar-refractivity contribution >= 4 is 52.5 Å². The Morgan fingerprint density at radius 3 is 2.49 bits per heavy atom. The molecule has 39 heavy (non-hydrogen) atoms. The summed E-state index contributed by atoms with van der Waals surface area (Å²) in [5.74, 6) is 2.01. The van der Waals surface area contributed by atoms with E-state index in [2.05, 4.69) is 15.1 Å². The fourth-order valence-corrected chi connectivity index (χ4v) is 7.37. The van der Waals surface area contributed by atoms with Gasteiger partial charge in [0.05, 0.1) is 17.2 Å². The van der Waals surface area contributed by atoms with Gasteiger partial charge in [0.15, 0.2) is 5.82 Å². The Kier molecular flexibility index (Phi) is 8.54. The number of nitrogens with zero attached hydrogens (tertiary/aromatic N) is 4.